The van der Waals surface area contributed by atoms with Crippen LogP contribution in [0.2, 0.25) is 0 Å². The van der Waals surface area contributed by atoms with Gasteiger partial charge in [0.1, 0.15) is 0 Å². The molecule has 100 valence electrons. The maximum absolute atomic E-state index is 3.67. The lowest BCUT2D eigenvalue weighted by Gasteiger charge is -2.26. The van der Waals surface area contributed by atoms with Gasteiger partial charge in [0.2, 0.25) is 0 Å². The van der Waals surface area contributed by atoms with Gasteiger partial charge in [0.15, 0.2) is 0 Å². The highest BCUT2D eigenvalue weighted by Crippen LogP contribution is 2.19. The van der Waals surface area contributed by atoms with E-state index in [-0.39, 0.29) is 0 Å². The second kappa shape index (κ2) is 6.79. The minimum atomic E-state index is 0.655. The fourth-order valence-electron chi connectivity index (χ4n) is 2.75. The number of hydrogen-bond acceptors (Lipinski definition) is 2. The minimum Gasteiger partial charge on any atom is -0.370 e. The number of hydrogen-bond donors (Lipinski definition) is 1. The summed E-state index contributed by atoms with van der Waals surface area (Å²) >= 11 is 0. The zero-order chi connectivity index (χ0) is 12.8. The largest absolute Gasteiger partial charge is 0.370 e. The standard InChI is InChI=1S/C16H26N2/c1-3-7-15-13-18(11-6-10-17-15)16-9-5-8-14(4-2)12-16/h5,8-9,12,15,17H,3-4,6-7,10-11,13H2,1-2H3. The second-order valence-corrected chi connectivity index (χ2v) is 5.26. The van der Waals surface area contributed by atoms with Crippen molar-refractivity contribution in [3.05, 3.63) is 29.8 Å². The Morgan fingerprint density at radius 3 is 3.00 bits per heavy atom. The van der Waals surface area contributed by atoms with Crippen LogP contribution in [0.15, 0.2) is 24.3 Å². The molecule has 0 aliphatic carbocycles. The molecular formula is C16H26N2. The molecule has 1 unspecified atom stereocenters. The predicted octanol–water partition coefficient (Wildman–Crippen LogP) is 3.22. The molecule has 0 spiro atoms. The van der Waals surface area contributed by atoms with E-state index in [1.165, 1.54) is 37.1 Å². The van der Waals surface area contributed by atoms with Crippen LogP contribution in [0, 0.1) is 0 Å². The van der Waals surface area contributed by atoms with Gasteiger partial charge in [-0.2, -0.15) is 0 Å². The van der Waals surface area contributed by atoms with Crippen LogP contribution in [-0.2, 0) is 6.42 Å². The fourth-order valence-corrected chi connectivity index (χ4v) is 2.75. The number of rotatable bonds is 4. The quantitative estimate of drug-likeness (QED) is 0.877. The molecule has 2 heteroatoms. The zero-order valence-electron chi connectivity index (χ0n) is 11.8. The summed E-state index contributed by atoms with van der Waals surface area (Å²) in [6.45, 7) is 7.99. The van der Waals surface area contributed by atoms with Gasteiger partial charge in [0, 0.05) is 24.8 Å². The molecule has 18 heavy (non-hydrogen) atoms. The lowest BCUT2D eigenvalue weighted by molar-refractivity contribution is 0.502. The second-order valence-electron chi connectivity index (χ2n) is 5.26. The summed E-state index contributed by atoms with van der Waals surface area (Å²) in [6.07, 6.45) is 4.92. The molecule has 0 radical (unpaired) electrons. The van der Waals surface area contributed by atoms with Crippen molar-refractivity contribution in [3.8, 4) is 0 Å². The van der Waals surface area contributed by atoms with Gasteiger partial charge in [-0.25, -0.2) is 0 Å². The number of anilines is 1. The van der Waals surface area contributed by atoms with Gasteiger partial charge < -0.3 is 10.2 Å². The molecule has 1 saturated heterocycles. The summed E-state index contributed by atoms with van der Waals surface area (Å²) < 4.78 is 0. The first-order chi connectivity index (χ1) is 8.83. The molecule has 1 aromatic rings. The first-order valence-corrected chi connectivity index (χ1v) is 7.40. The number of nitrogens with zero attached hydrogens (tertiary/aromatic N) is 1. The van der Waals surface area contributed by atoms with Crippen molar-refractivity contribution in [2.24, 2.45) is 0 Å². The third-order valence-corrected chi connectivity index (χ3v) is 3.80. The van der Waals surface area contributed by atoms with E-state index in [0.717, 1.165) is 19.5 Å². The molecule has 0 amide bonds. The summed E-state index contributed by atoms with van der Waals surface area (Å²) in [6, 6.07) is 9.69. The molecule has 2 nitrogen and oxygen atoms in total. The van der Waals surface area contributed by atoms with Gasteiger partial charge in [-0.05, 0) is 43.5 Å². The SMILES string of the molecule is CCCC1CN(c2cccc(CC)c2)CCCN1. The van der Waals surface area contributed by atoms with Crippen LogP contribution in [0.25, 0.3) is 0 Å². The van der Waals surface area contributed by atoms with Crippen LogP contribution in [0.5, 0.6) is 0 Å². The maximum atomic E-state index is 3.67. The normalized spacial score (nSPS) is 20.8. The Morgan fingerprint density at radius 2 is 2.22 bits per heavy atom. The van der Waals surface area contributed by atoms with Crippen LogP contribution < -0.4 is 10.2 Å². The van der Waals surface area contributed by atoms with Crippen molar-refractivity contribution in [1.82, 2.24) is 5.32 Å². The predicted molar refractivity (Wildman–Crippen MR) is 79.3 cm³/mol. The van der Waals surface area contributed by atoms with E-state index in [1.54, 1.807) is 0 Å². The third-order valence-electron chi connectivity index (χ3n) is 3.80. The highest BCUT2D eigenvalue weighted by Gasteiger charge is 2.17. The van der Waals surface area contributed by atoms with Gasteiger partial charge in [-0.15, -0.1) is 0 Å². The van der Waals surface area contributed by atoms with Crippen molar-refractivity contribution in [2.75, 3.05) is 24.5 Å². The Bertz CT molecular complexity index is 362. The Kier molecular flexibility index (Phi) is 5.06. The molecular weight excluding hydrogens is 220 g/mol. The summed E-state index contributed by atoms with van der Waals surface area (Å²) in [5.74, 6) is 0. The van der Waals surface area contributed by atoms with Crippen molar-refractivity contribution < 1.29 is 0 Å². The first-order valence-electron chi connectivity index (χ1n) is 7.40. The van der Waals surface area contributed by atoms with E-state index in [4.69, 9.17) is 0 Å². The molecule has 0 aromatic heterocycles. The minimum absolute atomic E-state index is 0.655. The molecule has 1 aliphatic rings. The van der Waals surface area contributed by atoms with Gasteiger partial charge in [-0.3, -0.25) is 0 Å². The van der Waals surface area contributed by atoms with Crippen LogP contribution in [0.3, 0.4) is 0 Å². The van der Waals surface area contributed by atoms with Gasteiger partial charge in [0.25, 0.3) is 0 Å². The number of aryl methyl sites for hydroxylation is 1. The molecule has 0 bridgehead atoms. The van der Waals surface area contributed by atoms with Gasteiger partial charge in [-0.1, -0.05) is 32.4 Å². The number of benzene rings is 1. The van der Waals surface area contributed by atoms with E-state index in [0.29, 0.717) is 6.04 Å². The van der Waals surface area contributed by atoms with Gasteiger partial charge in [0.05, 0.1) is 0 Å². The van der Waals surface area contributed by atoms with Crippen LogP contribution >= 0.6 is 0 Å². The summed E-state index contributed by atoms with van der Waals surface area (Å²) in [5.41, 5.74) is 2.84. The zero-order valence-corrected chi connectivity index (χ0v) is 11.8. The topological polar surface area (TPSA) is 15.3 Å². The van der Waals surface area contributed by atoms with E-state index >= 15 is 0 Å². The Balaban J connectivity index is 2.09. The van der Waals surface area contributed by atoms with Gasteiger partial charge >= 0.3 is 0 Å². The van der Waals surface area contributed by atoms with Crippen LogP contribution in [-0.4, -0.2) is 25.7 Å². The van der Waals surface area contributed by atoms with Crippen molar-refractivity contribution in [3.63, 3.8) is 0 Å². The monoisotopic (exact) mass is 246 g/mol. The molecule has 0 saturated carbocycles. The lowest BCUT2D eigenvalue weighted by Crippen LogP contribution is -2.37. The van der Waals surface area contributed by atoms with E-state index in [1.807, 2.05) is 0 Å². The maximum Gasteiger partial charge on any atom is 0.0369 e. The highest BCUT2D eigenvalue weighted by atomic mass is 15.2. The average molecular weight is 246 g/mol. The molecule has 1 N–H and O–H groups in total. The summed E-state index contributed by atoms with van der Waals surface area (Å²) in [5, 5.41) is 3.67. The smallest absolute Gasteiger partial charge is 0.0369 e. The Labute approximate surface area is 111 Å². The third kappa shape index (κ3) is 3.49. The van der Waals surface area contributed by atoms with E-state index < -0.39 is 0 Å². The first kappa shape index (κ1) is 13.4. The summed E-state index contributed by atoms with van der Waals surface area (Å²) in [4.78, 5) is 2.56. The van der Waals surface area contributed by atoms with Crippen molar-refractivity contribution >= 4 is 5.69 Å². The molecule has 1 aromatic carbocycles. The van der Waals surface area contributed by atoms with Crippen LogP contribution in [0.4, 0.5) is 5.69 Å². The van der Waals surface area contributed by atoms with Crippen molar-refractivity contribution in [1.29, 1.82) is 0 Å². The van der Waals surface area contributed by atoms with E-state index in [2.05, 4.69) is 48.3 Å². The molecule has 1 atom stereocenters. The van der Waals surface area contributed by atoms with Crippen LogP contribution in [0.1, 0.15) is 38.7 Å². The van der Waals surface area contributed by atoms with E-state index in [9.17, 15) is 0 Å². The fraction of sp³-hybridized carbons (Fsp3) is 0.625. The highest BCUT2D eigenvalue weighted by molar-refractivity contribution is 5.49. The van der Waals surface area contributed by atoms with Crippen molar-refractivity contribution in [2.45, 2.75) is 45.6 Å². The molecule has 2 rings (SSSR count). The molecule has 1 fully saturated rings. The Morgan fingerprint density at radius 1 is 1.33 bits per heavy atom. The average Bonchev–Trinajstić information content (AvgIpc) is 2.65. The Hall–Kier alpha value is -1.02. The lowest BCUT2D eigenvalue weighted by atomic mass is 10.1. The number of nitrogens with one attached hydrogen (secondary N) is 1. The summed E-state index contributed by atoms with van der Waals surface area (Å²) in [7, 11) is 0. The molecule has 1 aliphatic heterocycles. The molecule has 1 heterocycles.